The molecule has 0 saturated heterocycles. The van der Waals surface area contributed by atoms with E-state index in [-0.39, 0.29) is 0 Å². The average molecular weight is 281 g/mol. The quantitative estimate of drug-likeness (QED) is 0.781. The van der Waals surface area contributed by atoms with Gasteiger partial charge in [0, 0.05) is 12.6 Å². The van der Waals surface area contributed by atoms with E-state index in [2.05, 4.69) is 81.5 Å². The summed E-state index contributed by atoms with van der Waals surface area (Å²) in [6.07, 6.45) is 1.10. The van der Waals surface area contributed by atoms with Crippen LogP contribution in [0.5, 0.6) is 0 Å². The fraction of sp³-hybridized carbons (Fsp3) is 0.400. The van der Waals surface area contributed by atoms with Gasteiger partial charge in [0.15, 0.2) is 0 Å². The van der Waals surface area contributed by atoms with Crippen molar-refractivity contribution in [1.82, 2.24) is 5.32 Å². The second-order valence-corrected chi connectivity index (χ2v) is 6.18. The maximum Gasteiger partial charge on any atom is 0.0346 e. The molecule has 1 N–H and O–H groups in total. The van der Waals surface area contributed by atoms with Crippen LogP contribution in [0, 0.1) is 12.8 Å². The molecule has 0 fully saturated rings. The van der Waals surface area contributed by atoms with Gasteiger partial charge in [-0.1, -0.05) is 74.9 Å². The number of rotatable bonds is 6. The summed E-state index contributed by atoms with van der Waals surface area (Å²) < 4.78 is 0. The molecule has 0 aliphatic rings. The Morgan fingerprint density at radius 2 is 1.43 bits per heavy atom. The standard InChI is InChI=1S/C20H27N/c1-5-17-10-12-19(13-11-17)20(15(2)3)21-14-18-8-6-16(4)7-9-18/h6-13,15,20-21H,5,14H2,1-4H3. The van der Waals surface area contributed by atoms with Crippen LogP contribution in [0.25, 0.3) is 0 Å². The molecule has 0 heterocycles. The highest BCUT2D eigenvalue weighted by atomic mass is 14.9. The maximum absolute atomic E-state index is 3.71. The Bertz CT molecular complexity index is 537. The van der Waals surface area contributed by atoms with Gasteiger partial charge in [0.25, 0.3) is 0 Å². The number of hydrogen-bond acceptors (Lipinski definition) is 1. The van der Waals surface area contributed by atoms with Gasteiger partial charge >= 0.3 is 0 Å². The lowest BCUT2D eigenvalue weighted by molar-refractivity contribution is 0.410. The minimum Gasteiger partial charge on any atom is -0.306 e. The zero-order valence-corrected chi connectivity index (χ0v) is 13.7. The average Bonchev–Trinajstić information content (AvgIpc) is 2.49. The zero-order valence-electron chi connectivity index (χ0n) is 13.7. The molecule has 0 aromatic heterocycles. The Kier molecular flexibility index (Phi) is 5.58. The third-order valence-electron chi connectivity index (χ3n) is 4.06. The van der Waals surface area contributed by atoms with E-state index in [4.69, 9.17) is 0 Å². The Morgan fingerprint density at radius 1 is 0.857 bits per heavy atom. The lowest BCUT2D eigenvalue weighted by Crippen LogP contribution is -2.25. The first kappa shape index (κ1) is 15.8. The lowest BCUT2D eigenvalue weighted by atomic mass is 9.94. The second-order valence-electron chi connectivity index (χ2n) is 6.18. The fourth-order valence-corrected chi connectivity index (χ4v) is 2.63. The Hall–Kier alpha value is -1.60. The normalized spacial score (nSPS) is 12.6. The molecule has 2 rings (SSSR count). The van der Waals surface area contributed by atoms with Crippen molar-refractivity contribution in [2.24, 2.45) is 5.92 Å². The highest BCUT2D eigenvalue weighted by Crippen LogP contribution is 2.22. The third-order valence-corrected chi connectivity index (χ3v) is 4.06. The molecule has 2 aromatic carbocycles. The van der Waals surface area contributed by atoms with Crippen LogP contribution >= 0.6 is 0 Å². The molecule has 0 saturated carbocycles. The number of nitrogens with one attached hydrogen (secondary N) is 1. The second kappa shape index (κ2) is 7.42. The maximum atomic E-state index is 3.71. The lowest BCUT2D eigenvalue weighted by Gasteiger charge is -2.23. The summed E-state index contributed by atoms with van der Waals surface area (Å²) in [5.74, 6) is 0.572. The number of aryl methyl sites for hydroxylation is 2. The molecule has 0 aliphatic carbocycles. The number of hydrogen-bond donors (Lipinski definition) is 1. The van der Waals surface area contributed by atoms with Gasteiger partial charge in [0.1, 0.15) is 0 Å². The summed E-state index contributed by atoms with van der Waals surface area (Å²) in [7, 11) is 0. The van der Waals surface area contributed by atoms with Crippen LogP contribution in [-0.2, 0) is 13.0 Å². The first-order chi connectivity index (χ1) is 10.1. The minimum absolute atomic E-state index is 0.400. The van der Waals surface area contributed by atoms with Crippen molar-refractivity contribution in [2.75, 3.05) is 0 Å². The molecule has 1 unspecified atom stereocenters. The molecule has 0 amide bonds. The fourth-order valence-electron chi connectivity index (χ4n) is 2.63. The summed E-state index contributed by atoms with van der Waals surface area (Å²) in [6.45, 7) is 9.80. The molecule has 112 valence electrons. The van der Waals surface area contributed by atoms with E-state index < -0.39 is 0 Å². The van der Waals surface area contributed by atoms with E-state index in [9.17, 15) is 0 Å². The van der Waals surface area contributed by atoms with Crippen LogP contribution in [0.4, 0.5) is 0 Å². The van der Waals surface area contributed by atoms with Crippen LogP contribution in [0.2, 0.25) is 0 Å². The van der Waals surface area contributed by atoms with Gasteiger partial charge in [-0.25, -0.2) is 0 Å². The summed E-state index contributed by atoms with van der Waals surface area (Å²) in [5.41, 5.74) is 5.44. The van der Waals surface area contributed by atoms with Gasteiger partial charge in [-0.3, -0.25) is 0 Å². The molecule has 0 aliphatic heterocycles. The summed E-state index contributed by atoms with van der Waals surface area (Å²) in [4.78, 5) is 0. The van der Waals surface area contributed by atoms with Crippen molar-refractivity contribution >= 4 is 0 Å². The third kappa shape index (κ3) is 4.44. The van der Waals surface area contributed by atoms with E-state index in [0.29, 0.717) is 12.0 Å². The molecular formula is C20H27N. The Labute approximate surface area is 129 Å². The molecular weight excluding hydrogens is 254 g/mol. The van der Waals surface area contributed by atoms with E-state index in [1.54, 1.807) is 0 Å². The zero-order chi connectivity index (χ0) is 15.2. The molecule has 21 heavy (non-hydrogen) atoms. The molecule has 0 bridgehead atoms. The van der Waals surface area contributed by atoms with Crippen LogP contribution in [0.15, 0.2) is 48.5 Å². The largest absolute Gasteiger partial charge is 0.306 e. The van der Waals surface area contributed by atoms with Crippen LogP contribution in [-0.4, -0.2) is 0 Å². The van der Waals surface area contributed by atoms with Gasteiger partial charge in [-0.05, 0) is 36.0 Å². The van der Waals surface area contributed by atoms with Crippen molar-refractivity contribution < 1.29 is 0 Å². The molecule has 0 spiro atoms. The molecule has 1 heteroatoms. The molecule has 0 radical (unpaired) electrons. The smallest absolute Gasteiger partial charge is 0.0346 e. The summed E-state index contributed by atoms with van der Waals surface area (Å²) in [5, 5.41) is 3.71. The molecule has 1 nitrogen and oxygen atoms in total. The predicted molar refractivity (Wildman–Crippen MR) is 91.4 cm³/mol. The first-order valence-corrected chi connectivity index (χ1v) is 7.98. The van der Waals surface area contributed by atoms with Crippen molar-refractivity contribution in [1.29, 1.82) is 0 Å². The van der Waals surface area contributed by atoms with Crippen LogP contribution in [0.1, 0.15) is 49.1 Å². The van der Waals surface area contributed by atoms with Gasteiger partial charge < -0.3 is 5.32 Å². The van der Waals surface area contributed by atoms with E-state index in [1.165, 1.54) is 22.3 Å². The first-order valence-electron chi connectivity index (χ1n) is 7.98. The minimum atomic E-state index is 0.400. The van der Waals surface area contributed by atoms with Gasteiger partial charge in [0.2, 0.25) is 0 Å². The Morgan fingerprint density at radius 3 is 1.95 bits per heavy atom. The molecule has 2 aromatic rings. The topological polar surface area (TPSA) is 12.0 Å². The Balaban J connectivity index is 2.06. The van der Waals surface area contributed by atoms with Crippen molar-refractivity contribution in [3.8, 4) is 0 Å². The van der Waals surface area contributed by atoms with E-state index in [0.717, 1.165) is 13.0 Å². The van der Waals surface area contributed by atoms with Gasteiger partial charge in [-0.2, -0.15) is 0 Å². The van der Waals surface area contributed by atoms with E-state index >= 15 is 0 Å². The predicted octanol–water partition coefficient (Wildman–Crippen LogP) is 5.04. The van der Waals surface area contributed by atoms with Crippen molar-refractivity contribution in [3.05, 3.63) is 70.8 Å². The highest BCUT2D eigenvalue weighted by molar-refractivity contribution is 5.26. The van der Waals surface area contributed by atoms with E-state index in [1.807, 2.05) is 0 Å². The summed E-state index contributed by atoms with van der Waals surface area (Å²) in [6, 6.07) is 18.2. The van der Waals surface area contributed by atoms with Crippen LogP contribution < -0.4 is 5.32 Å². The van der Waals surface area contributed by atoms with Gasteiger partial charge in [-0.15, -0.1) is 0 Å². The monoisotopic (exact) mass is 281 g/mol. The highest BCUT2D eigenvalue weighted by Gasteiger charge is 2.14. The van der Waals surface area contributed by atoms with Gasteiger partial charge in [0.05, 0.1) is 0 Å². The number of benzene rings is 2. The molecule has 1 atom stereocenters. The van der Waals surface area contributed by atoms with Crippen molar-refractivity contribution in [3.63, 3.8) is 0 Å². The van der Waals surface area contributed by atoms with Crippen molar-refractivity contribution in [2.45, 2.75) is 46.7 Å². The summed E-state index contributed by atoms with van der Waals surface area (Å²) >= 11 is 0. The van der Waals surface area contributed by atoms with Crippen LogP contribution in [0.3, 0.4) is 0 Å². The SMILES string of the molecule is CCc1ccc(C(NCc2ccc(C)cc2)C(C)C)cc1.